The molecule has 5 atom stereocenters. The molecular formula is C22H28O6. The largest absolute Gasteiger partial charge is 0.497 e. The van der Waals surface area contributed by atoms with Crippen LogP contribution >= 0.6 is 0 Å². The topological polar surface area (TPSA) is 99.4 Å². The second kappa shape index (κ2) is 8.92. The van der Waals surface area contributed by atoms with Crippen LogP contribution in [0.15, 0.2) is 42.5 Å². The first kappa shape index (κ1) is 20.6. The number of ether oxygens (including phenoxy) is 2. The number of aliphatic hydroxyl groups excluding tert-OH is 4. The van der Waals surface area contributed by atoms with Crippen molar-refractivity contribution in [1.29, 1.82) is 0 Å². The van der Waals surface area contributed by atoms with Crippen molar-refractivity contribution in [3.05, 3.63) is 59.2 Å². The summed E-state index contributed by atoms with van der Waals surface area (Å²) in [6, 6.07) is 13.5. The van der Waals surface area contributed by atoms with Gasteiger partial charge in [0.2, 0.25) is 0 Å². The van der Waals surface area contributed by atoms with Crippen molar-refractivity contribution in [2.45, 2.75) is 44.2 Å². The van der Waals surface area contributed by atoms with Crippen molar-refractivity contribution in [1.82, 2.24) is 0 Å². The van der Waals surface area contributed by atoms with E-state index >= 15 is 0 Å². The van der Waals surface area contributed by atoms with E-state index in [2.05, 4.69) is 0 Å². The van der Waals surface area contributed by atoms with Gasteiger partial charge in [0.05, 0.1) is 13.2 Å². The summed E-state index contributed by atoms with van der Waals surface area (Å²) >= 11 is 0. The van der Waals surface area contributed by atoms with Gasteiger partial charge in [0.1, 0.15) is 29.8 Å². The van der Waals surface area contributed by atoms with Gasteiger partial charge in [0, 0.05) is 24.5 Å². The highest BCUT2D eigenvalue weighted by molar-refractivity contribution is 5.43. The molecule has 28 heavy (non-hydrogen) atoms. The molecule has 152 valence electrons. The highest BCUT2D eigenvalue weighted by atomic mass is 16.5. The van der Waals surface area contributed by atoms with Gasteiger partial charge in [0.15, 0.2) is 0 Å². The van der Waals surface area contributed by atoms with E-state index in [9.17, 15) is 20.4 Å². The summed E-state index contributed by atoms with van der Waals surface area (Å²) in [7, 11) is 1.63. The highest BCUT2D eigenvalue weighted by Crippen LogP contribution is 2.32. The van der Waals surface area contributed by atoms with Crippen LogP contribution in [-0.2, 0) is 6.42 Å². The molecule has 0 unspecified atom stereocenters. The minimum atomic E-state index is -1.36. The lowest BCUT2D eigenvalue weighted by Gasteiger charge is -2.40. The third-order valence-corrected chi connectivity index (χ3v) is 5.52. The van der Waals surface area contributed by atoms with Crippen molar-refractivity contribution in [2.24, 2.45) is 5.92 Å². The molecule has 1 saturated carbocycles. The molecule has 6 nitrogen and oxygen atoms in total. The number of benzene rings is 2. The molecular weight excluding hydrogens is 360 g/mol. The zero-order valence-electron chi connectivity index (χ0n) is 16.2. The van der Waals surface area contributed by atoms with Crippen LogP contribution < -0.4 is 9.47 Å². The standard InChI is InChI=1S/C22H28O6/c1-13-4-3-5-18(17(13)10-14-6-8-16(27-2)9-7-14)28-19-11-15(12-23)20(24)22(26)21(19)25/h3-9,15,19-26H,10-12H2,1-2H3/t15-,19-,20-,21+,22+/m1/s1. The van der Waals surface area contributed by atoms with Crippen molar-refractivity contribution < 1.29 is 29.9 Å². The average molecular weight is 388 g/mol. The third-order valence-electron chi connectivity index (χ3n) is 5.52. The van der Waals surface area contributed by atoms with Crippen LogP contribution in [0.1, 0.15) is 23.1 Å². The molecule has 0 spiro atoms. The molecule has 2 aromatic carbocycles. The monoisotopic (exact) mass is 388 g/mol. The minimum Gasteiger partial charge on any atom is -0.497 e. The van der Waals surface area contributed by atoms with Gasteiger partial charge in [-0.3, -0.25) is 0 Å². The van der Waals surface area contributed by atoms with Crippen molar-refractivity contribution in [3.8, 4) is 11.5 Å². The van der Waals surface area contributed by atoms with Crippen LogP contribution in [0.5, 0.6) is 11.5 Å². The molecule has 4 N–H and O–H groups in total. The predicted molar refractivity (Wildman–Crippen MR) is 105 cm³/mol. The molecule has 0 amide bonds. The van der Waals surface area contributed by atoms with E-state index in [-0.39, 0.29) is 13.0 Å². The van der Waals surface area contributed by atoms with Crippen molar-refractivity contribution >= 4 is 0 Å². The van der Waals surface area contributed by atoms with E-state index in [1.165, 1.54) is 0 Å². The Morgan fingerprint density at radius 1 is 0.964 bits per heavy atom. The van der Waals surface area contributed by atoms with Crippen molar-refractivity contribution in [2.75, 3.05) is 13.7 Å². The quantitative estimate of drug-likeness (QED) is 0.598. The Morgan fingerprint density at radius 3 is 2.32 bits per heavy atom. The first-order valence-corrected chi connectivity index (χ1v) is 9.47. The van der Waals surface area contributed by atoms with Gasteiger partial charge in [-0.2, -0.15) is 0 Å². The zero-order valence-corrected chi connectivity index (χ0v) is 16.2. The maximum absolute atomic E-state index is 10.4. The van der Waals surface area contributed by atoms with E-state index in [1.54, 1.807) is 7.11 Å². The van der Waals surface area contributed by atoms with Crippen LogP contribution in [0, 0.1) is 12.8 Å². The molecule has 0 heterocycles. The Labute approximate surface area is 165 Å². The summed E-state index contributed by atoms with van der Waals surface area (Å²) in [5.74, 6) is 0.872. The molecule has 3 rings (SSSR count). The fraction of sp³-hybridized carbons (Fsp3) is 0.455. The van der Waals surface area contributed by atoms with Crippen LogP contribution in [0.3, 0.4) is 0 Å². The van der Waals surface area contributed by atoms with Gasteiger partial charge >= 0.3 is 0 Å². The number of aryl methyl sites for hydroxylation is 1. The average Bonchev–Trinajstić information content (AvgIpc) is 2.71. The fourth-order valence-corrected chi connectivity index (χ4v) is 3.70. The number of hydrogen-bond donors (Lipinski definition) is 4. The number of rotatable bonds is 6. The Kier molecular flexibility index (Phi) is 6.57. The molecule has 0 aromatic heterocycles. The Morgan fingerprint density at radius 2 is 1.68 bits per heavy atom. The van der Waals surface area contributed by atoms with E-state index in [4.69, 9.17) is 9.47 Å². The third kappa shape index (κ3) is 4.31. The first-order chi connectivity index (χ1) is 13.4. The Balaban J connectivity index is 1.83. The van der Waals surface area contributed by atoms with Gasteiger partial charge in [-0.15, -0.1) is 0 Å². The lowest BCUT2D eigenvalue weighted by atomic mass is 9.81. The fourth-order valence-electron chi connectivity index (χ4n) is 3.70. The van der Waals surface area contributed by atoms with Crippen LogP contribution in [0.25, 0.3) is 0 Å². The van der Waals surface area contributed by atoms with E-state index in [1.807, 2.05) is 49.4 Å². The Hall–Kier alpha value is -2.12. The molecule has 6 heteroatoms. The first-order valence-electron chi connectivity index (χ1n) is 9.47. The summed E-state index contributed by atoms with van der Waals surface area (Å²) in [6.45, 7) is 1.72. The zero-order chi connectivity index (χ0) is 20.3. The SMILES string of the molecule is COc1ccc(Cc2c(C)cccc2O[C@@H]2C[C@H](CO)[C@@H](O)[C@H](O)[C@H]2O)cc1. The van der Waals surface area contributed by atoms with Gasteiger partial charge in [0.25, 0.3) is 0 Å². The van der Waals surface area contributed by atoms with Crippen LogP contribution in [-0.4, -0.2) is 58.6 Å². The molecule has 1 fully saturated rings. The van der Waals surface area contributed by atoms with E-state index in [0.29, 0.717) is 12.2 Å². The molecule has 1 aliphatic rings. The Bertz CT molecular complexity index is 773. The van der Waals surface area contributed by atoms with Gasteiger partial charge in [-0.25, -0.2) is 0 Å². The summed E-state index contributed by atoms with van der Waals surface area (Å²) in [5, 5.41) is 39.9. The maximum Gasteiger partial charge on any atom is 0.128 e. The second-order valence-corrected chi connectivity index (χ2v) is 7.38. The molecule has 2 aromatic rings. The molecule has 1 aliphatic carbocycles. The molecule has 0 aliphatic heterocycles. The molecule has 0 bridgehead atoms. The lowest BCUT2D eigenvalue weighted by Crippen LogP contribution is -2.56. The predicted octanol–water partition coefficient (Wildman–Crippen LogP) is 1.44. The number of aliphatic hydroxyl groups is 4. The summed E-state index contributed by atoms with van der Waals surface area (Å²) in [6.07, 6.45) is -3.57. The highest BCUT2D eigenvalue weighted by Gasteiger charge is 2.43. The smallest absolute Gasteiger partial charge is 0.128 e. The number of methoxy groups -OCH3 is 1. The summed E-state index contributed by atoms with van der Waals surface area (Å²) < 4.78 is 11.3. The molecule has 0 saturated heterocycles. The van der Waals surface area contributed by atoms with Gasteiger partial charge < -0.3 is 29.9 Å². The normalized spacial score (nSPS) is 27.4. The lowest BCUT2D eigenvalue weighted by molar-refractivity contribution is -0.157. The maximum atomic E-state index is 10.4. The van der Waals surface area contributed by atoms with E-state index in [0.717, 1.165) is 22.4 Å². The van der Waals surface area contributed by atoms with Gasteiger partial charge in [-0.1, -0.05) is 24.3 Å². The van der Waals surface area contributed by atoms with Gasteiger partial charge in [-0.05, 0) is 42.7 Å². The minimum absolute atomic E-state index is 0.256. The molecule has 0 radical (unpaired) electrons. The van der Waals surface area contributed by atoms with Crippen LogP contribution in [0.2, 0.25) is 0 Å². The van der Waals surface area contributed by atoms with Crippen molar-refractivity contribution in [3.63, 3.8) is 0 Å². The second-order valence-electron chi connectivity index (χ2n) is 7.38. The van der Waals surface area contributed by atoms with Crippen LogP contribution in [0.4, 0.5) is 0 Å². The summed E-state index contributed by atoms with van der Waals surface area (Å²) in [5.41, 5.74) is 3.13. The number of hydrogen-bond acceptors (Lipinski definition) is 6. The van der Waals surface area contributed by atoms with E-state index < -0.39 is 30.3 Å². The summed E-state index contributed by atoms with van der Waals surface area (Å²) in [4.78, 5) is 0.